The van der Waals surface area contributed by atoms with Crippen LogP contribution in [0.15, 0.2) is 23.1 Å². The van der Waals surface area contributed by atoms with Gasteiger partial charge in [-0.2, -0.15) is 0 Å². The number of carbonyl (C=O) groups is 1. The van der Waals surface area contributed by atoms with Crippen LogP contribution in [0.4, 0.5) is 11.4 Å². The molecule has 2 rings (SSSR count). The number of hydrogen-bond acceptors (Lipinski definition) is 4. The SMILES string of the molecule is CNc1ccc2c(c1)N(CCCO)C(=O)CS2. The van der Waals surface area contributed by atoms with Crippen LogP contribution in [0, 0.1) is 0 Å². The van der Waals surface area contributed by atoms with Crippen LogP contribution in [-0.4, -0.2) is 37.0 Å². The summed E-state index contributed by atoms with van der Waals surface area (Å²) in [4.78, 5) is 14.8. The lowest BCUT2D eigenvalue weighted by molar-refractivity contribution is -0.116. The van der Waals surface area contributed by atoms with E-state index in [-0.39, 0.29) is 12.5 Å². The van der Waals surface area contributed by atoms with Crippen molar-refractivity contribution >= 4 is 29.0 Å². The molecule has 0 radical (unpaired) electrons. The van der Waals surface area contributed by atoms with Gasteiger partial charge in [-0.1, -0.05) is 0 Å². The largest absolute Gasteiger partial charge is 0.396 e. The van der Waals surface area contributed by atoms with Crippen molar-refractivity contribution < 1.29 is 9.90 Å². The van der Waals surface area contributed by atoms with Crippen LogP contribution in [-0.2, 0) is 4.79 Å². The maximum absolute atomic E-state index is 11.9. The molecule has 4 nitrogen and oxygen atoms in total. The maximum atomic E-state index is 11.9. The quantitative estimate of drug-likeness (QED) is 0.853. The van der Waals surface area contributed by atoms with Crippen molar-refractivity contribution in [2.75, 3.05) is 36.2 Å². The van der Waals surface area contributed by atoms with E-state index in [1.165, 1.54) is 0 Å². The number of fused-ring (bicyclic) bond motifs is 1. The molecule has 2 N–H and O–H groups in total. The van der Waals surface area contributed by atoms with Crippen molar-refractivity contribution in [3.63, 3.8) is 0 Å². The number of anilines is 2. The topological polar surface area (TPSA) is 52.6 Å². The Balaban J connectivity index is 2.31. The minimum Gasteiger partial charge on any atom is -0.396 e. The summed E-state index contributed by atoms with van der Waals surface area (Å²) in [5.74, 6) is 0.598. The molecule has 0 aliphatic carbocycles. The summed E-state index contributed by atoms with van der Waals surface area (Å²) in [7, 11) is 1.86. The van der Waals surface area contributed by atoms with Gasteiger partial charge in [0.2, 0.25) is 5.91 Å². The third-order valence-corrected chi connectivity index (χ3v) is 3.78. The van der Waals surface area contributed by atoms with Crippen molar-refractivity contribution in [1.82, 2.24) is 0 Å². The molecule has 0 bridgehead atoms. The summed E-state index contributed by atoms with van der Waals surface area (Å²) in [6.45, 7) is 0.689. The van der Waals surface area contributed by atoms with Gasteiger partial charge in [0.05, 0.1) is 11.4 Å². The average Bonchev–Trinajstić information content (AvgIpc) is 2.37. The second-order valence-corrected chi connectivity index (χ2v) is 4.86. The van der Waals surface area contributed by atoms with Gasteiger partial charge in [0.1, 0.15) is 0 Å². The summed E-state index contributed by atoms with van der Waals surface area (Å²) >= 11 is 1.57. The molecule has 1 aliphatic rings. The van der Waals surface area contributed by atoms with E-state index in [0.29, 0.717) is 18.7 Å². The molecule has 0 fully saturated rings. The molecule has 1 aliphatic heterocycles. The number of thioether (sulfide) groups is 1. The van der Waals surface area contributed by atoms with Gasteiger partial charge in [0.25, 0.3) is 0 Å². The predicted octanol–water partition coefficient (Wildman–Crippen LogP) is 1.55. The fraction of sp³-hybridized carbons (Fsp3) is 0.417. The minimum absolute atomic E-state index is 0.109. The van der Waals surface area contributed by atoms with E-state index in [1.54, 1.807) is 16.7 Å². The van der Waals surface area contributed by atoms with Gasteiger partial charge < -0.3 is 15.3 Å². The third-order valence-electron chi connectivity index (χ3n) is 2.73. The normalized spacial score (nSPS) is 14.7. The lowest BCUT2D eigenvalue weighted by Crippen LogP contribution is -2.36. The van der Waals surface area contributed by atoms with Gasteiger partial charge >= 0.3 is 0 Å². The molecule has 1 aromatic rings. The number of aliphatic hydroxyl groups is 1. The van der Waals surface area contributed by atoms with Crippen LogP contribution in [0.25, 0.3) is 0 Å². The van der Waals surface area contributed by atoms with Crippen molar-refractivity contribution in [2.45, 2.75) is 11.3 Å². The lowest BCUT2D eigenvalue weighted by atomic mass is 10.2. The summed E-state index contributed by atoms with van der Waals surface area (Å²) in [5.41, 5.74) is 1.94. The van der Waals surface area contributed by atoms with Crippen molar-refractivity contribution in [1.29, 1.82) is 0 Å². The molecule has 1 amide bonds. The zero-order chi connectivity index (χ0) is 12.3. The van der Waals surface area contributed by atoms with Crippen molar-refractivity contribution in [3.05, 3.63) is 18.2 Å². The van der Waals surface area contributed by atoms with E-state index >= 15 is 0 Å². The summed E-state index contributed by atoms with van der Waals surface area (Å²) < 4.78 is 0. The number of nitrogens with zero attached hydrogens (tertiary/aromatic N) is 1. The van der Waals surface area contributed by atoms with Crippen molar-refractivity contribution in [3.8, 4) is 0 Å². The van der Waals surface area contributed by atoms with Crippen LogP contribution in [0.5, 0.6) is 0 Å². The highest BCUT2D eigenvalue weighted by molar-refractivity contribution is 8.00. The van der Waals surface area contributed by atoms with Crippen LogP contribution in [0.2, 0.25) is 0 Å². The Hall–Kier alpha value is -1.20. The first kappa shape index (κ1) is 12.3. The van der Waals surface area contributed by atoms with Crippen molar-refractivity contribution in [2.24, 2.45) is 0 Å². The van der Waals surface area contributed by atoms with Crippen LogP contribution in [0.1, 0.15) is 6.42 Å². The molecule has 0 saturated carbocycles. The zero-order valence-corrected chi connectivity index (χ0v) is 10.6. The van der Waals surface area contributed by atoms with Crippen LogP contribution >= 0.6 is 11.8 Å². The summed E-state index contributed by atoms with van der Waals surface area (Å²) in [5, 5.41) is 11.9. The van der Waals surface area contributed by atoms with Crippen LogP contribution in [0.3, 0.4) is 0 Å². The average molecular weight is 252 g/mol. The van der Waals surface area contributed by atoms with E-state index in [0.717, 1.165) is 16.3 Å². The number of nitrogens with one attached hydrogen (secondary N) is 1. The Morgan fingerprint density at radius 1 is 1.53 bits per heavy atom. The first-order chi connectivity index (χ1) is 8.26. The van der Waals surface area contributed by atoms with Gasteiger partial charge in [0, 0.05) is 30.8 Å². The second-order valence-electron chi connectivity index (χ2n) is 3.84. The van der Waals surface area contributed by atoms with E-state index in [1.807, 2.05) is 25.2 Å². The second kappa shape index (κ2) is 5.42. The van der Waals surface area contributed by atoms with Gasteiger partial charge in [-0.05, 0) is 24.6 Å². The Morgan fingerprint density at radius 2 is 2.35 bits per heavy atom. The lowest BCUT2D eigenvalue weighted by Gasteiger charge is -2.29. The monoisotopic (exact) mass is 252 g/mol. The zero-order valence-electron chi connectivity index (χ0n) is 9.77. The molecule has 0 aromatic heterocycles. The highest BCUT2D eigenvalue weighted by Gasteiger charge is 2.24. The molecule has 0 atom stereocenters. The number of benzene rings is 1. The van der Waals surface area contributed by atoms with E-state index < -0.39 is 0 Å². The number of amides is 1. The van der Waals surface area contributed by atoms with E-state index in [9.17, 15) is 4.79 Å². The number of hydrogen-bond donors (Lipinski definition) is 2. The number of aliphatic hydroxyl groups excluding tert-OH is 1. The third kappa shape index (κ3) is 2.56. The first-order valence-electron chi connectivity index (χ1n) is 5.62. The van der Waals surface area contributed by atoms with Gasteiger partial charge in [0.15, 0.2) is 0 Å². The first-order valence-corrected chi connectivity index (χ1v) is 6.60. The fourth-order valence-electron chi connectivity index (χ4n) is 1.83. The molecule has 0 spiro atoms. The van der Waals surface area contributed by atoms with Gasteiger partial charge in [-0.25, -0.2) is 0 Å². The predicted molar refractivity (Wildman–Crippen MR) is 70.8 cm³/mol. The van der Waals surface area contributed by atoms with Crippen LogP contribution < -0.4 is 10.2 Å². The smallest absolute Gasteiger partial charge is 0.237 e. The summed E-state index contributed by atoms with van der Waals surface area (Å²) in [6.07, 6.45) is 0.611. The highest BCUT2D eigenvalue weighted by Crippen LogP contribution is 2.37. The molecule has 0 unspecified atom stereocenters. The molecule has 17 heavy (non-hydrogen) atoms. The highest BCUT2D eigenvalue weighted by atomic mass is 32.2. The molecule has 92 valence electrons. The molecular formula is C12H16N2O2S. The van der Waals surface area contributed by atoms with Gasteiger partial charge in [-0.3, -0.25) is 4.79 Å². The Morgan fingerprint density at radius 3 is 3.06 bits per heavy atom. The molecule has 0 saturated heterocycles. The number of carbonyl (C=O) groups excluding carboxylic acids is 1. The minimum atomic E-state index is 0.109. The fourth-order valence-corrected chi connectivity index (χ4v) is 2.75. The van der Waals surface area contributed by atoms with E-state index in [2.05, 4.69) is 5.32 Å². The Labute approximate surface area is 105 Å². The molecular weight excluding hydrogens is 236 g/mol. The summed E-state index contributed by atoms with van der Waals surface area (Å²) in [6, 6.07) is 6.02. The standard InChI is InChI=1S/C12H16N2O2S/c1-13-9-3-4-11-10(7-9)14(5-2-6-15)12(16)8-17-11/h3-4,7,13,15H,2,5-6,8H2,1H3. The maximum Gasteiger partial charge on any atom is 0.237 e. The van der Waals surface area contributed by atoms with Gasteiger partial charge in [-0.15, -0.1) is 11.8 Å². The Bertz CT molecular complexity index is 423. The van der Waals surface area contributed by atoms with E-state index in [4.69, 9.17) is 5.11 Å². The molecule has 1 aromatic carbocycles. The molecule has 5 heteroatoms. The Kier molecular flexibility index (Phi) is 3.91. The molecule has 1 heterocycles. The number of rotatable bonds is 4.